The summed E-state index contributed by atoms with van der Waals surface area (Å²) in [6, 6.07) is 0. The summed E-state index contributed by atoms with van der Waals surface area (Å²) >= 11 is 3.36. The Hall–Kier alpha value is -0.510. The van der Waals surface area contributed by atoms with Gasteiger partial charge in [-0.1, -0.05) is 28.1 Å². The molecule has 0 spiro atoms. The second kappa shape index (κ2) is 7.04. The first-order valence-corrected chi connectivity index (χ1v) is 7.00. The zero-order chi connectivity index (χ0) is 13.5. The van der Waals surface area contributed by atoms with Crippen LogP contribution < -0.4 is 5.32 Å². The first-order valence-electron chi connectivity index (χ1n) is 5.88. The maximum absolute atomic E-state index is 11.6. The lowest BCUT2D eigenvalue weighted by Gasteiger charge is -2.27. The topological polar surface area (TPSA) is 38.3 Å². The molecule has 3 nitrogen and oxygen atoms in total. The summed E-state index contributed by atoms with van der Waals surface area (Å²) in [7, 11) is 0. The van der Waals surface area contributed by atoms with E-state index >= 15 is 0 Å². The van der Waals surface area contributed by atoms with Gasteiger partial charge in [0.05, 0.1) is 0 Å². The van der Waals surface area contributed by atoms with Crippen LogP contribution in [0.2, 0.25) is 0 Å². The molecule has 0 fully saturated rings. The zero-order valence-electron chi connectivity index (χ0n) is 11.5. The van der Waals surface area contributed by atoms with E-state index in [2.05, 4.69) is 33.4 Å². The molecular formula is C13H24BrNO2. The molecule has 0 saturated heterocycles. The minimum atomic E-state index is -0.452. The molecule has 1 N–H and O–H groups in total. The molecule has 100 valence electrons. The van der Waals surface area contributed by atoms with E-state index in [1.54, 1.807) is 0 Å². The number of alkyl carbamates (subject to hydrolysis) is 1. The van der Waals surface area contributed by atoms with Crippen molar-refractivity contribution in [1.29, 1.82) is 0 Å². The van der Waals surface area contributed by atoms with E-state index in [-0.39, 0.29) is 11.6 Å². The van der Waals surface area contributed by atoms with Crippen LogP contribution >= 0.6 is 15.9 Å². The predicted molar refractivity (Wildman–Crippen MR) is 75.6 cm³/mol. The Morgan fingerprint density at radius 3 is 2.29 bits per heavy atom. The van der Waals surface area contributed by atoms with E-state index in [0.717, 1.165) is 18.2 Å². The summed E-state index contributed by atoms with van der Waals surface area (Å²) in [4.78, 5) is 11.6. The molecular weight excluding hydrogens is 282 g/mol. The number of hydrogen-bond donors (Lipinski definition) is 1. The predicted octanol–water partition coefficient (Wildman–Crippen LogP) is 4.02. The molecule has 0 aliphatic carbocycles. The molecule has 0 unspecified atom stereocenters. The number of hydrogen-bond acceptors (Lipinski definition) is 2. The van der Waals surface area contributed by atoms with Crippen LogP contribution in [0.25, 0.3) is 0 Å². The van der Waals surface area contributed by atoms with Gasteiger partial charge in [0.1, 0.15) is 5.60 Å². The number of carbonyl (C=O) groups is 1. The average molecular weight is 306 g/mol. The molecule has 0 aliphatic rings. The van der Waals surface area contributed by atoms with Crippen LogP contribution in [-0.4, -0.2) is 22.6 Å². The van der Waals surface area contributed by atoms with Crippen molar-refractivity contribution in [2.45, 2.75) is 58.6 Å². The Labute approximate surface area is 113 Å². The molecule has 0 heterocycles. The van der Waals surface area contributed by atoms with Gasteiger partial charge in [-0.05, 0) is 47.5 Å². The third kappa shape index (κ3) is 10.4. The molecule has 1 amide bonds. The van der Waals surface area contributed by atoms with E-state index in [1.165, 1.54) is 0 Å². The van der Waals surface area contributed by atoms with E-state index in [0.29, 0.717) is 0 Å². The average Bonchev–Trinajstić information content (AvgIpc) is 2.08. The van der Waals surface area contributed by atoms with E-state index in [1.807, 2.05) is 34.6 Å². The lowest BCUT2D eigenvalue weighted by atomic mass is 10.0. The number of rotatable bonds is 5. The van der Waals surface area contributed by atoms with Gasteiger partial charge in [0.25, 0.3) is 0 Å². The quantitative estimate of drug-likeness (QED) is 0.615. The van der Waals surface area contributed by atoms with E-state index in [9.17, 15) is 4.79 Å². The molecule has 0 bridgehead atoms. The molecule has 4 heteroatoms. The Balaban J connectivity index is 4.11. The molecule has 0 saturated carbocycles. The minimum absolute atomic E-state index is 0.287. The fourth-order valence-corrected chi connectivity index (χ4v) is 1.45. The summed E-state index contributed by atoms with van der Waals surface area (Å²) in [6.45, 7) is 9.53. The second-order valence-electron chi connectivity index (χ2n) is 5.66. The molecule has 17 heavy (non-hydrogen) atoms. The van der Waals surface area contributed by atoms with Gasteiger partial charge in [-0.3, -0.25) is 0 Å². The fourth-order valence-electron chi connectivity index (χ4n) is 1.19. The summed E-state index contributed by atoms with van der Waals surface area (Å²) in [5.74, 6) is 0. The Kier molecular flexibility index (Phi) is 6.83. The molecule has 0 rings (SSSR count). The number of allylic oxidation sites excluding steroid dienone is 1. The highest BCUT2D eigenvalue weighted by Gasteiger charge is 2.23. The van der Waals surface area contributed by atoms with Crippen LogP contribution in [0.5, 0.6) is 0 Å². The van der Waals surface area contributed by atoms with Gasteiger partial charge < -0.3 is 10.1 Å². The second-order valence-corrected chi connectivity index (χ2v) is 6.46. The maximum Gasteiger partial charge on any atom is 0.408 e. The van der Waals surface area contributed by atoms with Crippen molar-refractivity contribution in [2.24, 2.45) is 0 Å². The van der Waals surface area contributed by atoms with E-state index in [4.69, 9.17) is 4.74 Å². The molecule has 0 aromatic rings. The number of alkyl halides is 1. The van der Waals surface area contributed by atoms with Crippen molar-refractivity contribution >= 4 is 22.0 Å². The lowest BCUT2D eigenvalue weighted by molar-refractivity contribution is 0.0473. The monoisotopic (exact) mass is 305 g/mol. The van der Waals surface area contributed by atoms with Crippen LogP contribution in [0.1, 0.15) is 47.5 Å². The summed E-state index contributed by atoms with van der Waals surface area (Å²) < 4.78 is 5.22. The van der Waals surface area contributed by atoms with Gasteiger partial charge in [-0.2, -0.15) is 0 Å². The van der Waals surface area contributed by atoms with Crippen molar-refractivity contribution in [3.8, 4) is 0 Å². The number of halogens is 1. The number of carbonyl (C=O) groups excluding carboxylic acids is 1. The maximum atomic E-state index is 11.6. The van der Waals surface area contributed by atoms with Crippen LogP contribution in [0.15, 0.2) is 12.2 Å². The van der Waals surface area contributed by atoms with Gasteiger partial charge in [0.2, 0.25) is 0 Å². The Bertz CT molecular complexity index is 267. The molecule has 0 atom stereocenters. The third-order valence-corrected chi connectivity index (χ3v) is 2.37. The molecule has 0 aromatic carbocycles. The molecule has 0 aliphatic heterocycles. The van der Waals surface area contributed by atoms with E-state index < -0.39 is 5.60 Å². The molecule has 0 aromatic heterocycles. The highest BCUT2D eigenvalue weighted by Crippen LogP contribution is 2.12. The Morgan fingerprint density at radius 2 is 1.82 bits per heavy atom. The highest BCUT2D eigenvalue weighted by molar-refractivity contribution is 9.09. The minimum Gasteiger partial charge on any atom is -0.444 e. The normalized spacial score (nSPS) is 12.8. The summed E-state index contributed by atoms with van der Waals surface area (Å²) in [5.41, 5.74) is -0.739. The van der Waals surface area contributed by atoms with Crippen LogP contribution in [0.4, 0.5) is 4.79 Å². The van der Waals surface area contributed by atoms with Crippen molar-refractivity contribution in [1.82, 2.24) is 5.32 Å². The van der Waals surface area contributed by atoms with Gasteiger partial charge >= 0.3 is 6.09 Å². The molecule has 0 radical (unpaired) electrons. The lowest BCUT2D eigenvalue weighted by Crippen LogP contribution is -2.45. The third-order valence-electron chi connectivity index (χ3n) is 1.91. The van der Waals surface area contributed by atoms with Crippen molar-refractivity contribution in [3.63, 3.8) is 0 Å². The zero-order valence-corrected chi connectivity index (χ0v) is 13.1. The van der Waals surface area contributed by atoms with Gasteiger partial charge in [0.15, 0.2) is 0 Å². The van der Waals surface area contributed by atoms with Gasteiger partial charge in [-0.25, -0.2) is 4.79 Å². The van der Waals surface area contributed by atoms with Crippen molar-refractivity contribution < 1.29 is 9.53 Å². The SMILES string of the molecule is CC(C)(C/C=C\CCBr)NC(=O)OC(C)(C)C. The summed E-state index contributed by atoms with van der Waals surface area (Å²) in [5, 5.41) is 3.83. The number of ether oxygens (including phenoxy) is 1. The highest BCUT2D eigenvalue weighted by atomic mass is 79.9. The first kappa shape index (κ1) is 16.5. The van der Waals surface area contributed by atoms with Gasteiger partial charge in [-0.15, -0.1) is 0 Å². The van der Waals surface area contributed by atoms with Crippen molar-refractivity contribution in [2.75, 3.05) is 5.33 Å². The van der Waals surface area contributed by atoms with Crippen LogP contribution in [0.3, 0.4) is 0 Å². The fraction of sp³-hybridized carbons (Fsp3) is 0.769. The van der Waals surface area contributed by atoms with Gasteiger partial charge in [0, 0.05) is 10.9 Å². The first-order chi connectivity index (χ1) is 7.66. The Morgan fingerprint density at radius 1 is 1.24 bits per heavy atom. The van der Waals surface area contributed by atoms with Crippen LogP contribution in [-0.2, 0) is 4.74 Å². The summed E-state index contributed by atoms with van der Waals surface area (Å²) in [6.07, 6.45) is 5.62. The largest absolute Gasteiger partial charge is 0.444 e. The van der Waals surface area contributed by atoms with Crippen molar-refractivity contribution in [3.05, 3.63) is 12.2 Å². The standard InChI is InChI=1S/C13H24BrNO2/c1-12(2,3)17-11(16)15-13(4,5)9-7-6-8-10-14/h6-7H,8-10H2,1-5H3,(H,15,16)/b7-6-. The number of nitrogens with one attached hydrogen (secondary N) is 1. The van der Waals surface area contributed by atoms with Crippen LogP contribution in [0, 0.1) is 0 Å². The smallest absolute Gasteiger partial charge is 0.408 e. The number of amides is 1.